The molecule has 2 atom stereocenters. The number of rotatable bonds is 8. The van der Waals surface area contributed by atoms with E-state index in [0.717, 1.165) is 0 Å². The molecule has 0 fully saturated rings. The lowest BCUT2D eigenvalue weighted by Gasteiger charge is -2.23. The average Bonchev–Trinajstić information content (AvgIpc) is 2.72. The van der Waals surface area contributed by atoms with Gasteiger partial charge in [0.2, 0.25) is 0 Å². The maximum atomic E-state index is 12.6. The summed E-state index contributed by atoms with van der Waals surface area (Å²) in [4.78, 5) is 48.7. The van der Waals surface area contributed by atoms with Crippen LogP contribution in [0.5, 0.6) is 0 Å². The molecule has 3 amide bonds. The maximum absolute atomic E-state index is 12.6. The van der Waals surface area contributed by atoms with Crippen molar-refractivity contribution in [2.45, 2.75) is 39.8 Å². The molecular weight excluding hydrogens is 398 g/mol. The number of Topliss-reactive ketones (excluding diaryl/α,β-unsaturated/α-hetero) is 1. The van der Waals surface area contributed by atoms with E-state index in [1.54, 1.807) is 62.4 Å². The van der Waals surface area contributed by atoms with Crippen LogP contribution in [0.3, 0.4) is 0 Å². The zero-order valence-corrected chi connectivity index (χ0v) is 18.0. The van der Waals surface area contributed by atoms with Crippen molar-refractivity contribution in [2.75, 3.05) is 10.6 Å². The summed E-state index contributed by atoms with van der Waals surface area (Å²) in [5.74, 6) is -1.67. The molecule has 0 spiro atoms. The Kier molecular flexibility index (Phi) is 8.31. The first-order valence-corrected chi connectivity index (χ1v) is 9.92. The monoisotopic (exact) mass is 425 g/mol. The lowest BCUT2D eigenvalue weighted by Crippen LogP contribution is -2.48. The highest BCUT2D eigenvalue weighted by Crippen LogP contribution is 2.13. The van der Waals surface area contributed by atoms with Gasteiger partial charge in [0.05, 0.1) is 0 Å². The van der Waals surface area contributed by atoms with Crippen LogP contribution < -0.4 is 16.0 Å². The largest absolute Gasteiger partial charge is 0.451 e. The number of amides is 3. The van der Waals surface area contributed by atoms with Crippen molar-refractivity contribution in [3.8, 4) is 0 Å². The number of benzene rings is 2. The first-order chi connectivity index (χ1) is 14.7. The van der Waals surface area contributed by atoms with Crippen LogP contribution in [0, 0.1) is 5.92 Å². The minimum absolute atomic E-state index is 0.129. The van der Waals surface area contributed by atoms with Crippen LogP contribution in [-0.4, -0.2) is 35.8 Å². The second-order valence-corrected chi connectivity index (χ2v) is 7.39. The Morgan fingerprint density at radius 3 is 2.10 bits per heavy atom. The summed E-state index contributed by atoms with van der Waals surface area (Å²) < 4.78 is 5.28. The van der Waals surface area contributed by atoms with Crippen LogP contribution in [0.1, 0.15) is 38.1 Å². The smallest absolute Gasteiger partial charge is 0.329 e. The molecule has 0 heterocycles. The number of hydrogen-bond donors (Lipinski definition) is 3. The zero-order chi connectivity index (χ0) is 23.0. The van der Waals surface area contributed by atoms with Crippen LogP contribution in [0.25, 0.3) is 0 Å². The number of ketones is 1. The molecule has 0 aliphatic carbocycles. The van der Waals surface area contributed by atoms with E-state index in [2.05, 4.69) is 16.0 Å². The van der Waals surface area contributed by atoms with Crippen molar-refractivity contribution in [3.63, 3.8) is 0 Å². The van der Waals surface area contributed by atoms with Gasteiger partial charge < -0.3 is 20.7 Å². The van der Waals surface area contributed by atoms with Crippen molar-refractivity contribution < 1.29 is 23.9 Å². The maximum Gasteiger partial charge on any atom is 0.329 e. The van der Waals surface area contributed by atoms with E-state index in [1.807, 2.05) is 6.07 Å². The zero-order valence-electron chi connectivity index (χ0n) is 18.0. The van der Waals surface area contributed by atoms with Gasteiger partial charge in [-0.2, -0.15) is 0 Å². The standard InChI is InChI=1S/C23H27N3O5/c1-14(2)20(26-23(30)25-18-10-6-5-7-11-18)22(29)31-16(4)21(28)24-19-12-8-9-17(13-19)15(3)27/h5-14,16,20H,1-4H3,(H,24,28)(H2,25,26,30)/t16-,20+/m0/s1. The molecule has 31 heavy (non-hydrogen) atoms. The van der Waals surface area contributed by atoms with E-state index < -0.39 is 30.1 Å². The Morgan fingerprint density at radius 1 is 0.839 bits per heavy atom. The first kappa shape index (κ1) is 23.6. The normalized spacial score (nSPS) is 12.4. The molecule has 2 rings (SSSR count). The molecule has 0 bridgehead atoms. The summed E-state index contributed by atoms with van der Waals surface area (Å²) >= 11 is 0. The van der Waals surface area contributed by atoms with Gasteiger partial charge in [-0.05, 0) is 44.0 Å². The van der Waals surface area contributed by atoms with E-state index in [0.29, 0.717) is 16.9 Å². The fraction of sp³-hybridized carbons (Fsp3) is 0.304. The highest BCUT2D eigenvalue weighted by atomic mass is 16.5. The predicted octanol–water partition coefficient (Wildman–Crippen LogP) is 3.61. The average molecular weight is 425 g/mol. The molecule has 2 aromatic carbocycles. The molecule has 0 aliphatic rings. The van der Waals surface area contributed by atoms with Crippen molar-refractivity contribution in [2.24, 2.45) is 5.92 Å². The molecule has 2 aromatic rings. The molecule has 0 saturated carbocycles. The lowest BCUT2D eigenvalue weighted by atomic mass is 10.0. The van der Waals surface area contributed by atoms with Gasteiger partial charge in [0.25, 0.3) is 5.91 Å². The summed E-state index contributed by atoms with van der Waals surface area (Å²) in [6.07, 6.45) is -1.10. The second-order valence-electron chi connectivity index (χ2n) is 7.39. The summed E-state index contributed by atoms with van der Waals surface area (Å²) in [6.45, 7) is 6.38. The van der Waals surface area contributed by atoms with Crippen LogP contribution in [-0.2, 0) is 14.3 Å². The molecule has 0 radical (unpaired) electrons. The van der Waals surface area contributed by atoms with Crippen molar-refractivity contribution in [1.29, 1.82) is 0 Å². The Balaban J connectivity index is 1.96. The third kappa shape index (κ3) is 7.26. The Morgan fingerprint density at radius 2 is 1.48 bits per heavy atom. The van der Waals surface area contributed by atoms with Gasteiger partial charge >= 0.3 is 12.0 Å². The first-order valence-electron chi connectivity index (χ1n) is 9.92. The van der Waals surface area contributed by atoms with Crippen LogP contribution in [0.4, 0.5) is 16.2 Å². The highest BCUT2D eigenvalue weighted by molar-refractivity contribution is 5.99. The van der Waals surface area contributed by atoms with E-state index in [9.17, 15) is 19.2 Å². The Bertz CT molecular complexity index is 943. The topological polar surface area (TPSA) is 114 Å². The second kappa shape index (κ2) is 10.9. The number of esters is 1. The highest BCUT2D eigenvalue weighted by Gasteiger charge is 2.29. The number of urea groups is 1. The molecule has 3 N–H and O–H groups in total. The van der Waals surface area contributed by atoms with Crippen molar-refractivity contribution >= 4 is 35.1 Å². The third-order valence-electron chi connectivity index (χ3n) is 4.44. The summed E-state index contributed by atoms with van der Waals surface area (Å²) in [6, 6.07) is 13.8. The minimum Gasteiger partial charge on any atom is -0.451 e. The molecular formula is C23H27N3O5. The third-order valence-corrected chi connectivity index (χ3v) is 4.44. The lowest BCUT2D eigenvalue weighted by molar-refractivity contribution is -0.156. The Labute approximate surface area is 181 Å². The van der Waals surface area contributed by atoms with Crippen LogP contribution >= 0.6 is 0 Å². The SMILES string of the molecule is CC(=O)c1cccc(NC(=O)[C@H](C)OC(=O)[C@H](NC(=O)Nc2ccccc2)C(C)C)c1. The number of anilines is 2. The molecule has 0 aliphatic heterocycles. The predicted molar refractivity (Wildman–Crippen MR) is 118 cm³/mol. The van der Waals surface area contributed by atoms with Crippen molar-refractivity contribution in [3.05, 3.63) is 60.2 Å². The van der Waals surface area contributed by atoms with Crippen LogP contribution in [0.2, 0.25) is 0 Å². The minimum atomic E-state index is -1.10. The number of carbonyl (C=O) groups excluding carboxylic acids is 4. The van der Waals surface area contributed by atoms with E-state index in [4.69, 9.17) is 4.74 Å². The number of para-hydroxylation sites is 1. The van der Waals surface area contributed by atoms with Crippen molar-refractivity contribution in [1.82, 2.24) is 5.32 Å². The molecule has 0 saturated heterocycles. The van der Waals surface area contributed by atoms with E-state index in [1.165, 1.54) is 13.8 Å². The summed E-state index contributed by atoms with van der Waals surface area (Å²) in [5, 5.41) is 7.84. The Hall–Kier alpha value is -3.68. The fourth-order valence-electron chi connectivity index (χ4n) is 2.69. The van der Waals surface area contributed by atoms with E-state index >= 15 is 0 Å². The summed E-state index contributed by atoms with van der Waals surface area (Å²) in [5.41, 5.74) is 1.45. The van der Waals surface area contributed by atoms with Gasteiger partial charge in [-0.3, -0.25) is 9.59 Å². The molecule has 0 aromatic heterocycles. The number of carbonyl (C=O) groups is 4. The number of nitrogens with one attached hydrogen (secondary N) is 3. The quantitative estimate of drug-likeness (QED) is 0.442. The molecule has 8 nitrogen and oxygen atoms in total. The molecule has 8 heteroatoms. The van der Waals surface area contributed by atoms with Gasteiger partial charge in [-0.1, -0.05) is 44.2 Å². The summed E-state index contributed by atoms with van der Waals surface area (Å²) in [7, 11) is 0. The van der Waals surface area contributed by atoms with E-state index in [-0.39, 0.29) is 11.7 Å². The number of ether oxygens (including phenoxy) is 1. The molecule has 0 unspecified atom stereocenters. The van der Waals surface area contributed by atoms with Gasteiger partial charge in [-0.15, -0.1) is 0 Å². The van der Waals surface area contributed by atoms with Gasteiger partial charge in [0.15, 0.2) is 11.9 Å². The van der Waals surface area contributed by atoms with Gasteiger partial charge in [0, 0.05) is 16.9 Å². The fourth-order valence-corrected chi connectivity index (χ4v) is 2.69. The number of hydrogen-bond acceptors (Lipinski definition) is 5. The van der Waals surface area contributed by atoms with Gasteiger partial charge in [0.1, 0.15) is 6.04 Å². The van der Waals surface area contributed by atoms with Gasteiger partial charge in [-0.25, -0.2) is 9.59 Å². The molecule has 164 valence electrons. The van der Waals surface area contributed by atoms with Crippen LogP contribution in [0.15, 0.2) is 54.6 Å².